The molecule has 0 N–H and O–H groups in total. The molecule has 114 heavy (non-hydrogen) atoms. The molecule has 0 amide bonds. The van der Waals surface area contributed by atoms with Gasteiger partial charge in [-0.1, -0.05) is 76.2 Å². The van der Waals surface area contributed by atoms with Crippen molar-refractivity contribution in [2.45, 2.75) is 442 Å². The van der Waals surface area contributed by atoms with Crippen molar-refractivity contribution in [3.63, 3.8) is 0 Å². The summed E-state index contributed by atoms with van der Waals surface area (Å²) in [6, 6.07) is 0. The third kappa shape index (κ3) is 19.8. The molecule has 15 fully saturated rings. The summed E-state index contributed by atoms with van der Waals surface area (Å²) in [5.74, 6) is 15.5. The van der Waals surface area contributed by atoms with Crippen molar-refractivity contribution in [3.8, 4) is 0 Å². The molecule has 15 aliphatic rings. The van der Waals surface area contributed by atoms with Gasteiger partial charge in [0.05, 0.1) is 44.2 Å². The van der Waals surface area contributed by atoms with Crippen LogP contribution in [0, 0.1) is 156 Å². The van der Waals surface area contributed by atoms with E-state index in [1.807, 2.05) is 159 Å². The summed E-state index contributed by atoms with van der Waals surface area (Å²) < 4.78 is 46.9. The highest BCUT2D eigenvalue weighted by atomic mass is 16.7. The van der Waals surface area contributed by atoms with Gasteiger partial charge < -0.3 is 37.9 Å². The minimum absolute atomic E-state index is 0.000595. The second kappa shape index (κ2) is 34.6. The van der Waals surface area contributed by atoms with Crippen LogP contribution in [0.5, 0.6) is 0 Å². The summed E-state index contributed by atoms with van der Waals surface area (Å²) in [4.78, 5) is 73.0. The first kappa shape index (κ1) is 94.6. The SMILES string of the molecule is CCC(C)(C)C(=O)OC(C)(C)C.CCC(C)(C)C(=O)OC(C)(C)C(C)C.CCC(C)(C)C(=O)OC(C)OC12CC3CC(CC(C3)C1)C2.CCC(C)(C)C(=O)OC(C)OC1CC2CC1C1C3CCC(C3)C21.CCC(C)(C)C(=O)OC1(C)CC2CC1C1C3CCC(C3)C21.CCC(C)(C)C(=O)OC1(C)CCC23CC1C(C)(C)C2CCC3C. The van der Waals surface area contributed by atoms with Crippen molar-refractivity contribution in [1.29, 1.82) is 0 Å². The van der Waals surface area contributed by atoms with Crippen molar-refractivity contribution in [3.05, 3.63) is 0 Å². The first-order chi connectivity index (χ1) is 52.4. The average molecular weight is 1600 g/mol. The van der Waals surface area contributed by atoms with Crippen LogP contribution in [0.25, 0.3) is 0 Å². The number of fused-ring (bicyclic) bond motifs is 19. The monoisotopic (exact) mass is 1600 g/mol. The van der Waals surface area contributed by atoms with Gasteiger partial charge in [-0.2, -0.15) is 0 Å². The molecular weight excluding hydrogens is 1430 g/mol. The molecule has 0 radical (unpaired) electrons. The van der Waals surface area contributed by atoms with Gasteiger partial charge in [0.15, 0.2) is 6.29 Å². The zero-order chi connectivity index (χ0) is 85.4. The van der Waals surface area contributed by atoms with Crippen molar-refractivity contribution in [2.24, 2.45) is 156 Å². The van der Waals surface area contributed by atoms with Gasteiger partial charge in [-0.05, 0) is 430 Å². The van der Waals surface area contributed by atoms with Gasteiger partial charge >= 0.3 is 35.8 Å². The van der Waals surface area contributed by atoms with Gasteiger partial charge in [0.1, 0.15) is 22.4 Å². The lowest BCUT2D eigenvalue weighted by molar-refractivity contribution is -0.248. The van der Waals surface area contributed by atoms with Gasteiger partial charge in [-0.15, -0.1) is 0 Å². The van der Waals surface area contributed by atoms with Crippen LogP contribution >= 0.6 is 0 Å². The molecule has 0 aromatic heterocycles. The highest BCUT2D eigenvalue weighted by Gasteiger charge is 2.71. The Bertz CT molecular complexity index is 3290. The van der Waals surface area contributed by atoms with Crippen LogP contribution in [0.1, 0.15) is 395 Å². The summed E-state index contributed by atoms with van der Waals surface area (Å²) in [6.45, 7) is 65.0. The van der Waals surface area contributed by atoms with Crippen molar-refractivity contribution < 1.29 is 66.7 Å². The van der Waals surface area contributed by atoms with E-state index in [1.165, 1.54) is 122 Å². The van der Waals surface area contributed by atoms with Crippen molar-refractivity contribution in [1.82, 2.24) is 0 Å². The molecule has 0 aromatic carbocycles. The Morgan fingerprint density at radius 1 is 0.386 bits per heavy atom. The van der Waals surface area contributed by atoms with Crippen LogP contribution < -0.4 is 0 Å². The Kier molecular flexibility index (Phi) is 28.7. The normalized spacial score (nSPS) is 37.7. The minimum atomic E-state index is -0.418. The van der Waals surface area contributed by atoms with E-state index in [-0.39, 0.29) is 90.9 Å². The van der Waals surface area contributed by atoms with Crippen LogP contribution in [0.4, 0.5) is 0 Å². The van der Waals surface area contributed by atoms with Gasteiger partial charge in [-0.3, -0.25) is 28.8 Å². The molecule has 0 aliphatic heterocycles. The number of carbonyl (C=O) groups excluding carboxylic acids is 6. The highest BCUT2D eigenvalue weighted by molar-refractivity contribution is 5.78. The molecule has 21 atom stereocenters. The predicted octanol–water partition coefficient (Wildman–Crippen LogP) is 24.9. The minimum Gasteiger partial charge on any atom is -0.460 e. The van der Waals surface area contributed by atoms with Crippen LogP contribution in [-0.4, -0.2) is 82.5 Å². The standard InChI is InChI=1S/C21H36O2.C20H32O3.C19H30O2.C18H30O3.C12H24O2.C10H20O2/c1-8-18(3,4)17(22)23-20(7)11-12-21-13-16(20)19(5,6)15(21)10-9-14(21)2;1-5-20(3,4)19(21)23-11(2)22-16-10-14-9-15(16)18-13-7-6-12(8-13)17(14)18;1-5-18(2,3)17(20)21-19(4)10-13-9-14(19)16-12-7-6-11(8-12)15(13)16;1-5-17(3,4)16(19)20-12(2)21-18-9-13-6-14(10-18)8-15(7-13)11-18;1-8-11(4,5)10(13)14-12(6,7)9(2)3;1-7-10(5,6)8(11)12-9(2,3)4/h14-16H,8-13H2,1-7H3;11-18H,5-10H2,1-4H3;11-16H,5-10H2,1-4H3;12-15H,5-11H2,1-4H3;9H,8H2,1-7H3;7H2,1-6H3. The molecule has 15 saturated carbocycles. The Balaban J connectivity index is 0.000000159. The zero-order valence-electron chi connectivity index (χ0n) is 79.0. The summed E-state index contributed by atoms with van der Waals surface area (Å²) in [5.41, 5.74) is -2.63. The maximum absolute atomic E-state index is 12.7. The fraction of sp³-hybridized carbons (Fsp3) is 0.940. The van der Waals surface area contributed by atoms with E-state index in [1.54, 1.807) is 0 Å². The molecule has 0 aromatic rings. The summed E-state index contributed by atoms with van der Waals surface area (Å²) in [7, 11) is 0. The number of rotatable bonds is 22. The third-order valence-corrected chi connectivity index (χ3v) is 35.2. The Morgan fingerprint density at radius 3 is 1.25 bits per heavy atom. The van der Waals surface area contributed by atoms with Crippen LogP contribution in [0.3, 0.4) is 0 Å². The van der Waals surface area contributed by atoms with Gasteiger partial charge in [0.25, 0.3) is 0 Å². The number of hydrogen-bond donors (Lipinski definition) is 0. The van der Waals surface area contributed by atoms with Crippen molar-refractivity contribution >= 4 is 35.8 Å². The maximum atomic E-state index is 12.7. The molecule has 21 unspecified atom stereocenters. The van der Waals surface area contributed by atoms with Crippen LogP contribution in [0.2, 0.25) is 0 Å². The fourth-order valence-corrected chi connectivity index (χ4v) is 25.5. The third-order valence-electron chi connectivity index (χ3n) is 35.2. The van der Waals surface area contributed by atoms with Crippen LogP contribution in [0.15, 0.2) is 0 Å². The fourth-order valence-electron chi connectivity index (χ4n) is 25.5. The lowest BCUT2D eigenvalue weighted by Crippen LogP contribution is -2.53. The number of esters is 6. The topological polar surface area (TPSA) is 176 Å². The van der Waals surface area contributed by atoms with Crippen LogP contribution in [-0.2, 0) is 66.7 Å². The van der Waals surface area contributed by atoms with E-state index >= 15 is 0 Å². The molecule has 0 heterocycles. The first-order valence-electron chi connectivity index (χ1n) is 47.1. The van der Waals surface area contributed by atoms with E-state index in [4.69, 9.17) is 37.9 Å². The Hall–Kier alpha value is -3.26. The lowest BCUT2D eigenvalue weighted by atomic mass is 9.54. The molecule has 14 nitrogen and oxygen atoms in total. The number of hydrogen-bond acceptors (Lipinski definition) is 14. The molecule has 15 rings (SSSR count). The number of carbonyl (C=O) groups is 6. The number of ether oxygens (including phenoxy) is 8. The average Bonchev–Trinajstić information content (AvgIpc) is 1.55. The molecule has 1 spiro atoms. The van der Waals surface area contributed by atoms with E-state index in [9.17, 15) is 28.8 Å². The van der Waals surface area contributed by atoms with E-state index in [0.29, 0.717) is 29.3 Å². The maximum Gasteiger partial charge on any atom is 0.313 e. The lowest BCUT2D eigenvalue weighted by Gasteiger charge is -2.56. The molecule has 14 bridgehead atoms. The van der Waals surface area contributed by atoms with E-state index < -0.39 is 23.4 Å². The van der Waals surface area contributed by atoms with Crippen molar-refractivity contribution in [2.75, 3.05) is 0 Å². The first-order valence-corrected chi connectivity index (χ1v) is 47.1. The molecule has 0 saturated heterocycles. The molecule has 15 aliphatic carbocycles. The quantitative estimate of drug-likeness (QED) is 0.0433. The second-order valence-corrected chi connectivity index (χ2v) is 47.3. The second-order valence-electron chi connectivity index (χ2n) is 47.3. The summed E-state index contributed by atoms with van der Waals surface area (Å²) >= 11 is 0. The van der Waals surface area contributed by atoms with E-state index in [0.717, 1.165) is 146 Å². The smallest absolute Gasteiger partial charge is 0.313 e. The molecule has 656 valence electrons. The summed E-state index contributed by atoms with van der Waals surface area (Å²) in [6.07, 6.45) is 32.3. The Morgan fingerprint density at radius 2 is 0.798 bits per heavy atom. The summed E-state index contributed by atoms with van der Waals surface area (Å²) in [5, 5.41) is 0. The Labute approximate surface area is 696 Å². The molecular formula is C100H172O14. The van der Waals surface area contributed by atoms with Gasteiger partial charge in [-0.25, -0.2) is 0 Å². The largest absolute Gasteiger partial charge is 0.460 e. The van der Waals surface area contributed by atoms with E-state index in [2.05, 4.69) is 62.3 Å². The highest BCUT2D eigenvalue weighted by Crippen LogP contribution is 2.75. The van der Waals surface area contributed by atoms with Gasteiger partial charge in [0, 0.05) is 11.8 Å². The molecule has 14 heteroatoms. The zero-order valence-corrected chi connectivity index (χ0v) is 79.0. The van der Waals surface area contributed by atoms with Gasteiger partial charge in [0.2, 0.25) is 6.29 Å². The predicted molar refractivity (Wildman–Crippen MR) is 456 cm³/mol.